The number of benzene rings is 4. The zero-order valence-corrected chi connectivity index (χ0v) is 23.2. The number of hydrogen-bond donors (Lipinski definition) is 1. The fourth-order valence-electron chi connectivity index (χ4n) is 5.59. The minimum atomic E-state index is 0.314. The van der Waals surface area contributed by atoms with Crippen LogP contribution in [0, 0.1) is 0 Å². The van der Waals surface area contributed by atoms with E-state index in [0.29, 0.717) is 11.8 Å². The number of rotatable bonds is 8. The highest BCUT2D eigenvalue weighted by Crippen LogP contribution is 2.38. The molecule has 40 heavy (non-hydrogen) atoms. The SMILES string of the molecule is COc1ccc(OC)c(-c2nnc(NC3CCN(Cc4ccc5ccccc5c4)CC3)c3cc(OC)ccc23)c1. The summed E-state index contributed by atoms with van der Waals surface area (Å²) in [7, 11) is 4.99. The van der Waals surface area contributed by atoms with Crippen molar-refractivity contribution in [2.45, 2.75) is 25.4 Å². The second-order valence-corrected chi connectivity index (χ2v) is 10.3. The summed E-state index contributed by atoms with van der Waals surface area (Å²) in [6, 6.07) is 27.4. The Kier molecular flexibility index (Phi) is 7.38. The minimum absolute atomic E-state index is 0.314. The zero-order valence-electron chi connectivity index (χ0n) is 23.2. The predicted molar refractivity (Wildman–Crippen MR) is 160 cm³/mol. The minimum Gasteiger partial charge on any atom is -0.497 e. The van der Waals surface area contributed by atoms with E-state index in [-0.39, 0.29) is 0 Å². The van der Waals surface area contributed by atoms with E-state index < -0.39 is 0 Å². The maximum absolute atomic E-state index is 5.65. The van der Waals surface area contributed by atoms with Crippen LogP contribution in [0.5, 0.6) is 17.2 Å². The van der Waals surface area contributed by atoms with E-state index in [0.717, 1.165) is 71.8 Å². The van der Waals surface area contributed by atoms with Gasteiger partial charge in [0.05, 0.1) is 21.3 Å². The highest BCUT2D eigenvalue weighted by atomic mass is 16.5. The number of methoxy groups -OCH3 is 3. The van der Waals surface area contributed by atoms with Crippen molar-refractivity contribution in [3.8, 4) is 28.5 Å². The Hall–Kier alpha value is -4.36. The molecule has 0 radical (unpaired) electrons. The third-order valence-corrected chi connectivity index (χ3v) is 7.80. The second kappa shape index (κ2) is 11.4. The van der Waals surface area contributed by atoms with E-state index in [1.807, 2.05) is 36.4 Å². The molecule has 0 saturated carbocycles. The molecule has 7 heteroatoms. The quantitative estimate of drug-likeness (QED) is 0.242. The smallest absolute Gasteiger partial charge is 0.156 e. The van der Waals surface area contributed by atoms with Crippen molar-refractivity contribution >= 4 is 27.4 Å². The number of nitrogens with one attached hydrogen (secondary N) is 1. The van der Waals surface area contributed by atoms with Crippen LogP contribution in [0.15, 0.2) is 78.9 Å². The maximum Gasteiger partial charge on any atom is 0.156 e. The van der Waals surface area contributed by atoms with Crippen molar-refractivity contribution < 1.29 is 14.2 Å². The van der Waals surface area contributed by atoms with Gasteiger partial charge in [-0.3, -0.25) is 4.90 Å². The van der Waals surface area contributed by atoms with Crippen molar-refractivity contribution in [1.29, 1.82) is 0 Å². The average molecular weight is 535 g/mol. The highest BCUT2D eigenvalue weighted by molar-refractivity contribution is 6.01. The number of fused-ring (bicyclic) bond motifs is 2. The van der Waals surface area contributed by atoms with Crippen LogP contribution in [-0.4, -0.2) is 55.6 Å². The summed E-state index contributed by atoms with van der Waals surface area (Å²) < 4.78 is 16.7. The molecule has 0 aliphatic carbocycles. The van der Waals surface area contributed by atoms with Gasteiger partial charge in [-0.05, 0) is 71.6 Å². The van der Waals surface area contributed by atoms with E-state index in [4.69, 9.17) is 14.2 Å². The van der Waals surface area contributed by atoms with Crippen molar-refractivity contribution in [2.24, 2.45) is 0 Å². The first-order valence-electron chi connectivity index (χ1n) is 13.7. The second-order valence-electron chi connectivity index (χ2n) is 10.3. The first kappa shape index (κ1) is 25.9. The molecule has 2 heterocycles. The van der Waals surface area contributed by atoms with E-state index in [2.05, 4.69) is 62.9 Å². The fraction of sp³-hybridized carbons (Fsp3) is 0.273. The van der Waals surface area contributed by atoms with Gasteiger partial charge in [0.25, 0.3) is 0 Å². The lowest BCUT2D eigenvalue weighted by Crippen LogP contribution is -2.38. The summed E-state index contributed by atoms with van der Waals surface area (Å²) in [5, 5.41) is 17.6. The number of likely N-dealkylation sites (tertiary alicyclic amines) is 1. The Morgan fingerprint density at radius 1 is 0.750 bits per heavy atom. The average Bonchev–Trinajstić information content (AvgIpc) is 3.01. The molecule has 1 N–H and O–H groups in total. The van der Waals surface area contributed by atoms with Crippen molar-refractivity contribution in [2.75, 3.05) is 39.7 Å². The third kappa shape index (κ3) is 5.25. The lowest BCUT2D eigenvalue weighted by Gasteiger charge is -2.32. The molecule has 1 aliphatic rings. The molecule has 4 aromatic carbocycles. The van der Waals surface area contributed by atoms with Crippen LogP contribution in [0.3, 0.4) is 0 Å². The standard InChI is InChI=1S/C33H34N4O3/c1-38-26-10-12-28-29(19-26)33(36-35-32(28)30-20-27(39-2)11-13-31(30)40-3)34-25-14-16-37(17-15-25)21-22-8-9-23-6-4-5-7-24(23)18-22/h4-13,18-20,25H,14-17,21H2,1-3H3,(H,34,36). The number of hydrogen-bond acceptors (Lipinski definition) is 7. The van der Waals surface area contributed by atoms with Gasteiger partial charge in [-0.1, -0.05) is 36.4 Å². The van der Waals surface area contributed by atoms with Crippen LogP contribution >= 0.6 is 0 Å². The van der Waals surface area contributed by atoms with Crippen LogP contribution in [-0.2, 0) is 6.54 Å². The van der Waals surface area contributed by atoms with E-state index >= 15 is 0 Å². The first-order valence-corrected chi connectivity index (χ1v) is 13.7. The van der Waals surface area contributed by atoms with Gasteiger partial charge in [0.15, 0.2) is 5.82 Å². The summed E-state index contributed by atoms with van der Waals surface area (Å²) in [5.74, 6) is 2.99. The van der Waals surface area contributed by atoms with E-state index in [1.54, 1.807) is 21.3 Å². The van der Waals surface area contributed by atoms with Gasteiger partial charge in [-0.2, -0.15) is 0 Å². The molecule has 204 valence electrons. The monoisotopic (exact) mass is 534 g/mol. The molecular formula is C33H34N4O3. The van der Waals surface area contributed by atoms with Crippen LogP contribution in [0.4, 0.5) is 5.82 Å². The number of aromatic nitrogens is 2. The highest BCUT2D eigenvalue weighted by Gasteiger charge is 2.22. The van der Waals surface area contributed by atoms with Crippen LogP contribution in [0.2, 0.25) is 0 Å². The number of piperidine rings is 1. The molecule has 0 bridgehead atoms. The van der Waals surface area contributed by atoms with Gasteiger partial charge in [0, 0.05) is 42.0 Å². The van der Waals surface area contributed by atoms with Crippen molar-refractivity contribution in [3.63, 3.8) is 0 Å². The molecule has 0 unspecified atom stereocenters. The van der Waals surface area contributed by atoms with Crippen LogP contribution in [0.25, 0.3) is 32.8 Å². The molecule has 1 saturated heterocycles. The van der Waals surface area contributed by atoms with E-state index in [9.17, 15) is 0 Å². The molecule has 6 rings (SSSR count). The van der Waals surface area contributed by atoms with Crippen LogP contribution in [0.1, 0.15) is 18.4 Å². The van der Waals surface area contributed by atoms with Gasteiger partial charge in [-0.15, -0.1) is 10.2 Å². The lowest BCUT2D eigenvalue weighted by molar-refractivity contribution is 0.211. The number of ether oxygens (including phenoxy) is 3. The Bertz CT molecular complexity index is 1650. The molecule has 1 fully saturated rings. The molecule has 5 aromatic rings. The largest absolute Gasteiger partial charge is 0.497 e. The zero-order chi connectivity index (χ0) is 27.5. The first-order chi connectivity index (χ1) is 19.6. The molecule has 0 spiro atoms. The Morgan fingerprint density at radius 3 is 2.27 bits per heavy atom. The summed E-state index contributed by atoms with van der Waals surface area (Å²) in [6.45, 7) is 3.02. The Labute approximate surface area is 234 Å². The van der Waals surface area contributed by atoms with E-state index in [1.165, 1.54) is 16.3 Å². The molecule has 1 aliphatic heterocycles. The summed E-state index contributed by atoms with van der Waals surface area (Å²) >= 11 is 0. The third-order valence-electron chi connectivity index (χ3n) is 7.80. The van der Waals surface area contributed by atoms with Crippen LogP contribution < -0.4 is 19.5 Å². The number of nitrogens with zero attached hydrogens (tertiary/aromatic N) is 3. The molecule has 7 nitrogen and oxygen atoms in total. The van der Waals surface area contributed by atoms with Gasteiger partial charge >= 0.3 is 0 Å². The van der Waals surface area contributed by atoms with Gasteiger partial charge in [0.1, 0.15) is 22.9 Å². The molecular weight excluding hydrogens is 500 g/mol. The predicted octanol–water partition coefficient (Wildman–Crippen LogP) is 6.55. The van der Waals surface area contributed by atoms with Gasteiger partial charge in [0.2, 0.25) is 0 Å². The normalized spacial score (nSPS) is 14.4. The molecule has 1 aromatic heterocycles. The summed E-state index contributed by atoms with van der Waals surface area (Å²) in [6.07, 6.45) is 2.07. The van der Waals surface area contributed by atoms with Crippen molar-refractivity contribution in [1.82, 2.24) is 15.1 Å². The van der Waals surface area contributed by atoms with Gasteiger partial charge < -0.3 is 19.5 Å². The van der Waals surface area contributed by atoms with Crippen molar-refractivity contribution in [3.05, 3.63) is 84.4 Å². The Morgan fingerprint density at radius 2 is 1.50 bits per heavy atom. The molecule has 0 amide bonds. The topological polar surface area (TPSA) is 68.7 Å². The Balaban J connectivity index is 1.22. The van der Waals surface area contributed by atoms with Gasteiger partial charge in [-0.25, -0.2) is 0 Å². The molecule has 0 atom stereocenters. The summed E-state index contributed by atoms with van der Waals surface area (Å²) in [4.78, 5) is 2.53. The summed E-state index contributed by atoms with van der Waals surface area (Å²) in [5.41, 5.74) is 2.93. The lowest BCUT2D eigenvalue weighted by atomic mass is 10.0. The maximum atomic E-state index is 5.65. The fourth-order valence-corrected chi connectivity index (χ4v) is 5.59. The number of anilines is 1.